The van der Waals surface area contributed by atoms with Crippen molar-refractivity contribution in [2.75, 3.05) is 6.54 Å². The van der Waals surface area contributed by atoms with Gasteiger partial charge in [0.05, 0.1) is 0 Å². The molecule has 1 unspecified atom stereocenters. The minimum absolute atomic E-state index is 0.446. The summed E-state index contributed by atoms with van der Waals surface area (Å²) in [6.07, 6.45) is 3.39. The van der Waals surface area contributed by atoms with Crippen molar-refractivity contribution < 1.29 is 0 Å². The predicted octanol–water partition coefficient (Wildman–Crippen LogP) is 4.90. The van der Waals surface area contributed by atoms with Crippen LogP contribution in [0.2, 0.25) is 0 Å². The van der Waals surface area contributed by atoms with E-state index in [1.807, 2.05) is 11.3 Å². The molecule has 2 heteroatoms. The Morgan fingerprint density at radius 1 is 1.10 bits per heavy atom. The van der Waals surface area contributed by atoms with Crippen molar-refractivity contribution in [3.8, 4) is 0 Å². The fourth-order valence-corrected chi connectivity index (χ4v) is 3.45. The van der Waals surface area contributed by atoms with E-state index in [0.717, 1.165) is 19.4 Å². The Kier molecular flexibility index (Phi) is 5.81. The summed E-state index contributed by atoms with van der Waals surface area (Å²) in [4.78, 5) is 2.95. The minimum atomic E-state index is 0.446. The van der Waals surface area contributed by atoms with Crippen molar-refractivity contribution in [3.63, 3.8) is 0 Å². The van der Waals surface area contributed by atoms with Gasteiger partial charge in [0.15, 0.2) is 0 Å². The van der Waals surface area contributed by atoms with Crippen molar-refractivity contribution in [2.24, 2.45) is 0 Å². The van der Waals surface area contributed by atoms with Crippen LogP contribution in [0.4, 0.5) is 0 Å². The third-order valence-corrected chi connectivity index (χ3v) is 5.04. The summed E-state index contributed by atoms with van der Waals surface area (Å²) in [6, 6.07) is 13.7. The maximum Gasteiger partial charge on any atom is 0.0455 e. The van der Waals surface area contributed by atoms with Crippen LogP contribution in [0, 0.1) is 6.92 Å². The number of thiophene rings is 1. The molecule has 1 atom stereocenters. The van der Waals surface area contributed by atoms with Crippen LogP contribution in [0.3, 0.4) is 0 Å². The van der Waals surface area contributed by atoms with Gasteiger partial charge in [0.2, 0.25) is 0 Å². The molecule has 1 heterocycles. The van der Waals surface area contributed by atoms with Gasteiger partial charge >= 0.3 is 0 Å². The fraction of sp³-hybridized carbons (Fsp3) is 0.444. The van der Waals surface area contributed by atoms with E-state index in [-0.39, 0.29) is 0 Å². The van der Waals surface area contributed by atoms with E-state index in [2.05, 4.69) is 62.5 Å². The Bertz CT molecular complexity index is 530. The SMILES string of the molecule is CCCNC(Cc1ccccc1C)c1ccc(CC)s1. The number of benzene rings is 1. The number of rotatable bonds is 7. The van der Waals surface area contributed by atoms with Crippen LogP contribution >= 0.6 is 11.3 Å². The smallest absolute Gasteiger partial charge is 0.0455 e. The van der Waals surface area contributed by atoms with Crippen LogP contribution < -0.4 is 5.32 Å². The molecule has 0 aliphatic heterocycles. The first kappa shape index (κ1) is 15.3. The molecule has 0 amide bonds. The summed E-state index contributed by atoms with van der Waals surface area (Å²) < 4.78 is 0. The van der Waals surface area contributed by atoms with E-state index in [4.69, 9.17) is 0 Å². The lowest BCUT2D eigenvalue weighted by atomic mass is 10.00. The lowest BCUT2D eigenvalue weighted by molar-refractivity contribution is 0.536. The molecular weight excluding hydrogens is 262 g/mol. The Morgan fingerprint density at radius 3 is 2.55 bits per heavy atom. The lowest BCUT2D eigenvalue weighted by Crippen LogP contribution is -2.23. The van der Waals surface area contributed by atoms with Gasteiger partial charge in [0.25, 0.3) is 0 Å². The minimum Gasteiger partial charge on any atom is -0.309 e. The summed E-state index contributed by atoms with van der Waals surface area (Å²) in [6.45, 7) is 7.74. The first-order valence-corrected chi connectivity index (χ1v) is 8.42. The topological polar surface area (TPSA) is 12.0 Å². The summed E-state index contributed by atoms with van der Waals surface area (Å²) in [5.74, 6) is 0. The van der Waals surface area contributed by atoms with Gasteiger partial charge in [-0.1, -0.05) is 38.1 Å². The van der Waals surface area contributed by atoms with Crippen LogP contribution in [-0.4, -0.2) is 6.54 Å². The highest BCUT2D eigenvalue weighted by Gasteiger charge is 2.14. The average Bonchev–Trinajstić information content (AvgIpc) is 2.94. The first-order valence-electron chi connectivity index (χ1n) is 7.61. The van der Waals surface area contributed by atoms with Crippen molar-refractivity contribution in [1.29, 1.82) is 0 Å². The van der Waals surface area contributed by atoms with Crippen molar-refractivity contribution in [3.05, 3.63) is 57.3 Å². The summed E-state index contributed by atoms with van der Waals surface area (Å²) in [5.41, 5.74) is 2.84. The molecular formula is C18H25NS. The van der Waals surface area contributed by atoms with Gasteiger partial charge in [-0.3, -0.25) is 0 Å². The molecule has 1 nitrogen and oxygen atoms in total. The van der Waals surface area contributed by atoms with Gasteiger partial charge in [0.1, 0.15) is 0 Å². The van der Waals surface area contributed by atoms with E-state index >= 15 is 0 Å². The number of hydrogen-bond acceptors (Lipinski definition) is 2. The highest BCUT2D eigenvalue weighted by atomic mass is 32.1. The molecule has 2 rings (SSSR count). The summed E-state index contributed by atoms with van der Waals surface area (Å²) in [5, 5.41) is 3.71. The van der Waals surface area contributed by atoms with Crippen molar-refractivity contribution in [1.82, 2.24) is 5.32 Å². The Morgan fingerprint density at radius 2 is 1.90 bits per heavy atom. The summed E-state index contributed by atoms with van der Waals surface area (Å²) >= 11 is 1.95. The van der Waals surface area contributed by atoms with E-state index in [9.17, 15) is 0 Å². The van der Waals surface area contributed by atoms with Gasteiger partial charge < -0.3 is 5.32 Å². The van der Waals surface area contributed by atoms with Crippen LogP contribution in [0.5, 0.6) is 0 Å². The van der Waals surface area contributed by atoms with E-state index in [0.29, 0.717) is 6.04 Å². The molecule has 0 spiro atoms. The van der Waals surface area contributed by atoms with Gasteiger partial charge in [-0.25, -0.2) is 0 Å². The third-order valence-electron chi connectivity index (χ3n) is 3.70. The van der Waals surface area contributed by atoms with Crippen LogP contribution in [-0.2, 0) is 12.8 Å². The molecule has 0 saturated carbocycles. The van der Waals surface area contributed by atoms with Crippen LogP contribution in [0.25, 0.3) is 0 Å². The monoisotopic (exact) mass is 287 g/mol. The van der Waals surface area contributed by atoms with E-state index in [1.54, 1.807) is 0 Å². The highest BCUT2D eigenvalue weighted by molar-refractivity contribution is 7.12. The molecule has 1 N–H and O–H groups in total. The van der Waals surface area contributed by atoms with Gasteiger partial charge in [-0.15, -0.1) is 11.3 Å². The Labute approximate surface area is 127 Å². The molecule has 0 aliphatic rings. The van der Waals surface area contributed by atoms with E-state index in [1.165, 1.54) is 27.3 Å². The Hall–Kier alpha value is -1.12. The zero-order chi connectivity index (χ0) is 14.4. The quantitative estimate of drug-likeness (QED) is 0.763. The molecule has 0 bridgehead atoms. The van der Waals surface area contributed by atoms with Crippen LogP contribution in [0.15, 0.2) is 36.4 Å². The van der Waals surface area contributed by atoms with E-state index < -0.39 is 0 Å². The maximum absolute atomic E-state index is 3.71. The normalized spacial score (nSPS) is 12.6. The molecule has 0 aliphatic carbocycles. The van der Waals surface area contributed by atoms with Crippen molar-refractivity contribution in [2.45, 2.75) is 46.1 Å². The molecule has 0 saturated heterocycles. The molecule has 1 aromatic carbocycles. The zero-order valence-electron chi connectivity index (χ0n) is 12.8. The zero-order valence-corrected chi connectivity index (χ0v) is 13.6. The molecule has 20 heavy (non-hydrogen) atoms. The number of nitrogens with one attached hydrogen (secondary N) is 1. The van der Waals surface area contributed by atoms with Gasteiger partial charge in [-0.2, -0.15) is 0 Å². The standard InChI is InChI=1S/C18H25NS/c1-4-12-19-17(18-11-10-16(5-2)20-18)13-15-9-7-6-8-14(15)3/h6-11,17,19H,4-5,12-13H2,1-3H3. The number of aryl methyl sites for hydroxylation is 2. The van der Waals surface area contributed by atoms with Gasteiger partial charge in [-0.05, 0) is 56.0 Å². The van der Waals surface area contributed by atoms with Crippen molar-refractivity contribution >= 4 is 11.3 Å². The molecule has 1 aromatic heterocycles. The predicted molar refractivity (Wildman–Crippen MR) is 89.6 cm³/mol. The average molecular weight is 287 g/mol. The largest absolute Gasteiger partial charge is 0.309 e. The second-order valence-electron chi connectivity index (χ2n) is 5.29. The maximum atomic E-state index is 3.71. The molecule has 0 fully saturated rings. The molecule has 2 aromatic rings. The van der Waals surface area contributed by atoms with Gasteiger partial charge in [0, 0.05) is 15.8 Å². The second-order valence-corrected chi connectivity index (χ2v) is 6.49. The first-order chi connectivity index (χ1) is 9.74. The third kappa shape index (κ3) is 3.94. The molecule has 108 valence electrons. The fourth-order valence-electron chi connectivity index (χ4n) is 2.42. The Balaban J connectivity index is 2.17. The lowest BCUT2D eigenvalue weighted by Gasteiger charge is -2.18. The van der Waals surface area contributed by atoms with Crippen LogP contribution in [0.1, 0.15) is 47.2 Å². The highest BCUT2D eigenvalue weighted by Crippen LogP contribution is 2.27. The number of hydrogen-bond donors (Lipinski definition) is 1. The summed E-state index contributed by atoms with van der Waals surface area (Å²) in [7, 11) is 0. The second kappa shape index (κ2) is 7.61. The molecule has 0 radical (unpaired) electrons.